The number of rotatable bonds is 1. The number of pyridine rings is 1. The molecule has 0 unspecified atom stereocenters. The molecule has 3 nitrogen and oxygen atoms in total. The van der Waals surface area contributed by atoms with Crippen LogP contribution in [0, 0.1) is 6.92 Å². The summed E-state index contributed by atoms with van der Waals surface area (Å²) >= 11 is 0. The number of aromatic amines is 1. The quantitative estimate of drug-likeness (QED) is 0.693. The number of nitrogens with zero attached hydrogens (tertiary/aromatic N) is 2. The third-order valence-electron chi connectivity index (χ3n) is 2.16. The number of nitrogens with one attached hydrogen (secondary N) is 1. The molecule has 0 radical (unpaired) electrons. The van der Waals surface area contributed by atoms with E-state index in [9.17, 15) is 0 Å². The van der Waals surface area contributed by atoms with Crippen molar-refractivity contribution < 1.29 is 0 Å². The predicted octanol–water partition coefficient (Wildman–Crippen LogP) is 1.83. The minimum atomic E-state index is 0.887. The Balaban J connectivity index is 2.83. The molecule has 0 aliphatic carbocycles. The molecule has 0 atom stereocenters. The maximum absolute atomic E-state index is 4.23. The highest BCUT2D eigenvalue weighted by Crippen LogP contribution is 2.17. The molecule has 0 spiro atoms. The lowest BCUT2D eigenvalue weighted by atomic mass is 10.1. The molecule has 2 heterocycles. The van der Waals surface area contributed by atoms with Crippen molar-refractivity contribution in [2.45, 2.75) is 20.3 Å². The van der Waals surface area contributed by atoms with Gasteiger partial charge in [-0.1, -0.05) is 6.92 Å². The van der Waals surface area contributed by atoms with E-state index in [1.807, 2.05) is 12.4 Å². The second-order valence-corrected chi connectivity index (χ2v) is 2.91. The normalized spacial score (nSPS) is 10.8. The Morgan fingerprint density at radius 2 is 2.25 bits per heavy atom. The lowest BCUT2D eigenvalue weighted by Crippen LogP contribution is -1.89. The topological polar surface area (TPSA) is 41.6 Å². The van der Waals surface area contributed by atoms with E-state index in [0.717, 1.165) is 17.5 Å². The fraction of sp³-hybridized carbons (Fsp3) is 0.333. The van der Waals surface area contributed by atoms with Crippen molar-refractivity contribution in [2.75, 3.05) is 0 Å². The molecular weight excluding hydrogens is 150 g/mol. The molecule has 2 rings (SSSR count). The van der Waals surface area contributed by atoms with Crippen LogP contribution in [0.5, 0.6) is 0 Å². The Morgan fingerprint density at radius 3 is 3.00 bits per heavy atom. The molecule has 12 heavy (non-hydrogen) atoms. The summed E-state index contributed by atoms with van der Waals surface area (Å²) in [6.07, 6.45) is 4.76. The summed E-state index contributed by atoms with van der Waals surface area (Å²) in [6, 6.07) is 0. The van der Waals surface area contributed by atoms with E-state index in [2.05, 4.69) is 29.0 Å². The monoisotopic (exact) mass is 161 g/mol. The smallest absolute Gasteiger partial charge is 0.155 e. The molecule has 0 aliphatic heterocycles. The van der Waals surface area contributed by atoms with Crippen molar-refractivity contribution in [3.63, 3.8) is 0 Å². The van der Waals surface area contributed by atoms with E-state index in [0.29, 0.717) is 0 Å². The maximum atomic E-state index is 4.23. The van der Waals surface area contributed by atoms with Gasteiger partial charge in [0.2, 0.25) is 0 Å². The summed E-state index contributed by atoms with van der Waals surface area (Å²) in [5.74, 6) is 0. The number of hydrogen-bond donors (Lipinski definition) is 1. The summed E-state index contributed by atoms with van der Waals surface area (Å²) in [7, 11) is 0. The van der Waals surface area contributed by atoms with Crippen molar-refractivity contribution in [1.82, 2.24) is 15.2 Å². The van der Waals surface area contributed by atoms with E-state index in [-0.39, 0.29) is 0 Å². The van der Waals surface area contributed by atoms with Crippen LogP contribution in [0.3, 0.4) is 0 Å². The first kappa shape index (κ1) is 7.28. The van der Waals surface area contributed by atoms with Gasteiger partial charge < -0.3 is 0 Å². The fourth-order valence-corrected chi connectivity index (χ4v) is 1.52. The van der Waals surface area contributed by atoms with Crippen LogP contribution in [0.2, 0.25) is 0 Å². The Labute approximate surface area is 70.8 Å². The second kappa shape index (κ2) is 2.59. The Bertz CT molecular complexity index is 403. The van der Waals surface area contributed by atoms with E-state index < -0.39 is 0 Å². The van der Waals surface area contributed by atoms with Crippen molar-refractivity contribution in [1.29, 1.82) is 0 Å². The molecule has 3 heteroatoms. The lowest BCUT2D eigenvalue weighted by Gasteiger charge is -2.01. The SMILES string of the molecule is CCc1c(C)cnc2[nH]ncc12. The van der Waals surface area contributed by atoms with Crippen LogP contribution in [-0.2, 0) is 6.42 Å². The van der Waals surface area contributed by atoms with Gasteiger partial charge in [0.15, 0.2) is 5.65 Å². The molecule has 0 aromatic carbocycles. The van der Waals surface area contributed by atoms with Gasteiger partial charge in [0.1, 0.15) is 0 Å². The van der Waals surface area contributed by atoms with Crippen LogP contribution in [0.25, 0.3) is 11.0 Å². The first-order chi connectivity index (χ1) is 5.83. The van der Waals surface area contributed by atoms with Crippen LogP contribution in [0.4, 0.5) is 0 Å². The van der Waals surface area contributed by atoms with Crippen LogP contribution in [0.15, 0.2) is 12.4 Å². The minimum absolute atomic E-state index is 0.887. The fourth-order valence-electron chi connectivity index (χ4n) is 1.52. The van der Waals surface area contributed by atoms with E-state index in [1.54, 1.807) is 0 Å². The van der Waals surface area contributed by atoms with Crippen LogP contribution in [0.1, 0.15) is 18.1 Å². The van der Waals surface area contributed by atoms with E-state index in [1.165, 1.54) is 11.1 Å². The first-order valence-corrected chi connectivity index (χ1v) is 4.10. The van der Waals surface area contributed by atoms with Gasteiger partial charge in [-0.25, -0.2) is 4.98 Å². The van der Waals surface area contributed by atoms with Crippen molar-refractivity contribution in [3.05, 3.63) is 23.5 Å². The maximum Gasteiger partial charge on any atom is 0.155 e. The summed E-state index contributed by atoms with van der Waals surface area (Å²) in [6.45, 7) is 4.23. The average molecular weight is 161 g/mol. The van der Waals surface area contributed by atoms with Gasteiger partial charge in [-0.2, -0.15) is 5.10 Å². The zero-order chi connectivity index (χ0) is 8.55. The predicted molar refractivity (Wildman–Crippen MR) is 48.0 cm³/mol. The summed E-state index contributed by atoms with van der Waals surface area (Å²) < 4.78 is 0. The molecule has 0 saturated carbocycles. The molecule has 0 aliphatic rings. The lowest BCUT2D eigenvalue weighted by molar-refractivity contribution is 1.09. The highest BCUT2D eigenvalue weighted by atomic mass is 15.1. The summed E-state index contributed by atoms with van der Waals surface area (Å²) in [5.41, 5.74) is 3.47. The van der Waals surface area contributed by atoms with Gasteiger partial charge in [0.25, 0.3) is 0 Å². The number of H-pyrrole nitrogens is 1. The molecule has 62 valence electrons. The first-order valence-electron chi connectivity index (χ1n) is 4.10. The number of aromatic nitrogens is 3. The molecule has 2 aromatic rings. The molecule has 0 amide bonds. The molecular formula is C9H11N3. The van der Waals surface area contributed by atoms with Crippen molar-refractivity contribution >= 4 is 11.0 Å². The third kappa shape index (κ3) is 0.897. The Kier molecular flexibility index (Phi) is 1.57. The van der Waals surface area contributed by atoms with E-state index >= 15 is 0 Å². The van der Waals surface area contributed by atoms with Crippen LogP contribution in [-0.4, -0.2) is 15.2 Å². The van der Waals surface area contributed by atoms with Gasteiger partial charge >= 0.3 is 0 Å². The zero-order valence-electron chi connectivity index (χ0n) is 7.26. The number of hydrogen-bond acceptors (Lipinski definition) is 2. The standard InChI is InChI=1S/C9H11N3/c1-3-7-6(2)4-10-9-8(7)5-11-12-9/h4-5H,3H2,1-2H3,(H,10,11,12). The Hall–Kier alpha value is -1.38. The molecule has 0 fully saturated rings. The van der Waals surface area contributed by atoms with E-state index in [4.69, 9.17) is 0 Å². The Morgan fingerprint density at radius 1 is 1.42 bits per heavy atom. The van der Waals surface area contributed by atoms with Crippen molar-refractivity contribution in [2.24, 2.45) is 0 Å². The van der Waals surface area contributed by atoms with Crippen LogP contribution >= 0.6 is 0 Å². The molecule has 1 N–H and O–H groups in total. The van der Waals surface area contributed by atoms with Gasteiger partial charge in [0, 0.05) is 11.6 Å². The summed E-state index contributed by atoms with van der Waals surface area (Å²) in [5, 5.41) is 7.97. The highest BCUT2D eigenvalue weighted by molar-refractivity contribution is 5.78. The number of fused-ring (bicyclic) bond motifs is 1. The second-order valence-electron chi connectivity index (χ2n) is 2.91. The van der Waals surface area contributed by atoms with Gasteiger partial charge in [-0.3, -0.25) is 5.10 Å². The molecule has 0 saturated heterocycles. The molecule has 2 aromatic heterocycles. The minimum Gasteiger partial charge on any atom is -0.261 e. The third-order valence-corrected chi connectivity index (χ3v) is 2.16. The highest BCUT2D eigenvalue weighted by Gasteiger charge is 2.04. The summed E-state index contributed by atoms with van der Waals surface area (Å²) in [4.78, 5) is 4.23. The van der Waals surface area contributed by atoms with Gasteiger partial charge in [-0.05, 0) is 24.5 Å². The largest absolute Gasteiger partial charge is 0.261 e. The zero-order valence-corrected chi connectivity index (χ0v) is 7.26. The van der Waals surface area contributed by atoms with Gasteiger partial charge in [0.05, 0.1) is 6.20 Å². The van der Waals surface area contributed by atoms with Gasteiger partial charge in [-0.15, -0.1) is 0 Å². The molecule has 0 bridgehead atoms. The van der Waals surface area contributed by atoms with Crippen molar-refractivity contribution in [3.8, 4) is 0 Å². The number of aryl methyl sites for hydroxylation is 2. The average Bonchev–Trinajstić information content (AvgIpc) is 2.52. The van der Waals surface area contributed by atoms with Crippen LogP contribution < -0.4 is 0 Å².